The van der Waals surface area contributed by atoms with Crippen molar-refractivity contribution in [3.8, 4) is 5.88 Å². The summed E-state index contributed by atoms with van der Waals surface area (Å²) in [6.45, 7) is 2.93. The van der Waals surface area contributed by atoms with Crippen LogP contribution in [0.2, 0.25) is 0 Å². The number of nitrogens with zero attached hydrogens (tertiary/aromatic N) is 2. The van der Waals surface area contributed by atoms with Gasteiger partial charge >= 0.3 is 6.09 Å². The maximum Gasteiger partial charge on any atom is 0.407 e. The molecule has 19 heavy (non-hydrogen) atoms. The molecular formula is C13H19N3O3. The van der Waals surface area contributed by atoms with Crippen LogP contribution >= 0.6 is 0 Å². The highest BCUT2D eigenvalue weighted by Crippen LogP contribution is 2.18. The molecule has 1 aliphatic heterocycles. The molecule has 1 fully saturated rings. The molecule has 1 saturated heterocycles. The SMILES string of the molecule is C[C@H](N)c1ccc(OC2CCN(C(=O)O)CC2)nc1. The first-order chi connectivity index (χ1) is 9.06. The fourth-order valence-electron chi connectivity index (χ4n) is 2.07. The number of nitrogens with two attached hydrogens (primary N) is 1. The second-order valence-electron chi connectivity index (χ2n) is 4.81. The Labute approximate surface area is 112 Å². The van der Waals surface area contributed by atoms with E-state index in [-0.39, 0.29) is 12.1 Å². The lowest BCUT2D eigenvalue weighted by Crippen LogP contribution is -2.41. The first-order valence-corrected chi connectivity index (χ1v) is 6.42. The van der Waals surface area contributed by atoms with Crippen molar-refractivity contribution in [1.82, 2.24) is 9.88 Å². The average molecular weight is 265 g/mol. The third-order valence-corrected chi connectivity index (χ3v) is 3.28. The van der Waals surface area contributed by atoms with Crippen LogP contribution in [0.5, 0.6) is 5.88 Å². The summed E-state index contributed by atoms with van der Waals surface area (Å²) in [5.41, 5.74) is 6.72. The van der Waals surface area contributed by atoms with Crippen LogP contribution in [0.25, 0.3) is 0 Å². The van der Waals surface area contributed by atoms with Gasteiger partial charge in [-0.15, -0.1) is 0 Å². The summed E-state index contributed by atoms with van der Waals surface area (Å²) in [6.07, 6.45) is 2.28. The summed E-state index contributed by atoms with van der Waals surface area (Å²) in [6, 6.07) is 3.67. The van der Waals surface area contributed by atoms with Crippen molar-refractivity contribution >= 4 is 6.09 Å². The van der Waals surface area contributed by atoms with Gasteiger partial charge in [0.05, 0.1) is 0 Å². The fourth-order valence-corrected chi connectivity index (χ4v) is 2.07. The van der Waals surface area contributed by atoms with Crippen LogP contribution < -0.4 is 10.5 Å². The van der Waals surface area contributed by atoms with Crippen LogP contribution in [0.3, 0.4) is 0 Å². The summed E-state index contributed by atoms with van der Waals surface area (Å²) in [5, 5.41) is 8.86. The third kappa shape index (κ3) is 3.57. The van der Waals surface area contributed by atoms with Crippen molar-refractivity contribution in [3.63, 3.8) is 0 Å². The Morgan fingerprint density at radius 1 is 1.53 bits per heavy atom. The quantitative estimate of drug-likeness (QED) is 0.867. The Morgan fingerprint density at radius 3 is 2.68 bits per heavy atom. The van der Waals surface area contributed by atoms with Gasteiger partial charge in [0, 0.05) is 44.2 Å². The summed E-state index contributed by atoms with van der Waals surface area (Å²) in [7, 11) is 0. The van der Waals surface area contributed by atoms with Crippen molar-refractivity contribution in [2.75, 3.05) is 13.1 Å². The molecule has 104 valence electrons. The zero-order chi connectivity index (χ0) is 13.8. The number of ether oxygens (including phenoxy) is 1. The Morgan fingerprint density at radius 2 is 2.21 bits per heavy atom. The Bertz CT molecular complexity index is 425. The first-order valence-electron chi connectivity index (χ1n) is 6.42. The molecule has 0 bridgehead atoms. The predicted molar refractivity (Wildman–Crippen MR) is 70.1 cm³/mol. The molecule has 0 unspecified atom stereocenters. The second-order valence-corrected chi connectivity index (χ2v) is 4.81. The topological polar surface area (TPSA) is 88.7 Å². The van der Waals surface area contributed by atoms with E-state index in [1.165, 1.54) is 4.90 Å². The van der Waals surface area contributed by atoms with Gasteiger partial charge in [0.15, 0.2) is 0 Å². The average Bonchev–Trinajstić information content (AvgIpc) is 2.40. The maximum atomic E-state index is 10.8. The molecule has 1 aliphatic rings. The number of piperidine rings is 1. The minimum Gasteiger partial charge on any atom is -0.474 e. The van der Waals surface area contributed by atoms with Crippen molar-refractivity contribution in [3.05, 3.63) is 23.9 Å². The molecule has 1 aromatic heterocycles. The van der Waals surface area contributed by atoms with Crippen molar-refractivity contribution in [2.45, 2.75) is 31.9 Å². The molecule has 2 heterocycles. The van der Waals surface area contributed by atoms with Crippen LogP contribution in [0.1, 0.15) is 31.4 Å². The van der Waals surface area contributed by atoms with E-state index in [9.17, 15) is 4.79 Å². The Hall–Kier alpha value is -1.82. The van der Waals surface area contributed by atoms with E-state index in [1.807, 2.05) is 19.1 Å². The molecule has 0 saturated carbocycles. The smallest absolute Gasteiger partial charge is 0.407 e. The van der Waals surface area contributed by atoms with Crippen molar-refractivity contribution < 1.29 is 14.6 Å². The van der Waals surface area contributed by atoms with E-state index in [4.69, 9.17) is 15.6 Å². The van der Waals surface area contributed by atoms with Gasteiger partial charge in [-0.3, -0.25) is 0 Å². The van der Waals surface area contributed by atoms with Gasteiger partial charge in [-0.1, -0.05) is 6.07 Å². The molecule has 0 radical (unpaired) electrons. The van der Waals surface area contributed by atoms with Crippen LogP contribution in [0.4, 0.5) is 4.79 Å². The normalized spacial score (nSPS) is 18.1. The van der Waals surface area contributed by atoms with Crippen molar-refractivity contribution in [2.24, 2.45) is 5.73 Å². The molecule has 1 amide bonds. The monoisotopic (exact) mass is 265 g/mol. The zero-order valence-corrected chi connectivity index (χ0v) is 11.0. The lowest BCUT2D eigenvalue weighted by Gasteiger charge is -2.29. The Balaban J connectivity index is 1.87. The lowest BCUT2D eigenvalue weighted by molar-refractivity contribution is 0.0871. The minimum absolute atomic E-state index is 0.0317. The molecule has 0 spiro atoms. The highest BCUT2D eigenvalue weighted by molar-refractivity contribution is 5.65. The molecule has 1 atom stereocenters. The van der Waals surface area contributed by atoms with E-state index in [2.05, 4.69) is 4.98 Å². The standard InChI is InChI=1S/C13H19N3O3/c1-9(14)10-2-3-12(15-8-10)19-11-4-6-16(7-5-11)13(17)18/h2-3,8-9,11H,4-7,14H2,1H3,(H,17,18)/t9-/m0/s1. The van der Waals surface area contributed by atoms with Crippen LogP contribution in [0, 0.1) is 0 Å². The largest absolute Gasteiger partial charge is 0.474 e. The van der Waals surface area contributed by atoms with Crippen LogP contribution in [-0.4, -0.2) is 40.3 Å². The van der Waals surface area contributed by atoms with Crippen LogP contribution in [0.15, 0.2) is 18.3 Å². The Kier molecular flexibility index (Phi) is 4.21. The van der Waals surface area contributed by atoms with Gasteiger partial charge in [-0.05, 0) is 12.5 Å². The number of carbonyl (C=O) groups is 1. The first kappa shape index (κ1) is 13.6. The third-order valence-electron chi connectivity index (χ3n) is 3.28. The minimum atomic E-state index is -0.863. The molecule has 6 nitrogen and oxygen atoms in total. The van der Waals surface area contributed by atoms with E-state index in [1.54, 1.807) is 6.20 Å². The van der Waals surface area contributed by atoms with E-state index in [0.717, 1.165) is 5.56 Å². The van der Waals surface area contributed by atoms with Crippen LogP contribution in [-0.2, 0) is 0 Å². The fraction of sp³-hybridized carbons (Fsp3) is 0.538. The van der Waals surface area contributed by atoms with Gasteiger partial charge in [-0.25, -0.2) is 9.78 Å². The molecule has 1 aromatic rings. The van der Waals surface area contributed by atoms with Crippen molar-refractivity contribution in [1.29, 1.82) is 0 Å². The summed E-state index contributed by atoms with van der Waals surface area (Å²) >= 11 is 0. The summed E-state index contributed by atoms with van der Waals surface area (Å²) in [5.74, 6) is 0.568. The molecule has 0 aliphatic carbocycles. The summed E-state index contributed by atoms with van der Waals surface area (Å²) in [4.78, 5) is 16.4. The number of pyridine rings is 1. The number of hydrogen-bond donors (Lipinski definition) is 2. The predicted octanol–water partition coefficient (Wildman–Crippen LogP) is 1.62. The van der Waals surface area contributed by atoms with E-state index >= 15 is 0 Å². The summed E-state index contributed by atoms with van der Waals surface area (Å²) < 4.78 is 5.75. The molecule has 2 rings (SSSR count). The molecule has 0 aromatic carbocycles. The zero-order valence-electron chi connectivity index (χ0n) is 11.0. The number of amides is 1. The number of hydrogen-bond acceptors (Lipinski definition) is 4. The maximum absolute atomic E-state index is 10.8. The van der Waals surface area contributed by atoms with E-state index < -0.39 is 6.09 Å². The number of likely N-dealkylation sites (tertiary alicyclic amines) is 1. The highest BCUT2D eigenvalue weighted by atomic mass is 16.5. The van der Waals surface area contributed by atoms with Gasteiger partial charge in [0.25, 0.3) is 0 Å². The number of aromatic nitrogens is 1. The van der Waals surface area contributed by atoms with Gasteiger partial charge in [-0.2, -0.15) is 0 Å². The van der Waals surface area contributed by atoms with Gasteiger partial charge < -0.3 is 20.5 Å². The number of carboxylic acid groups (broad SMARTS) is 1. The number of rotatable bonds is 3. The van der Waals surface area contributed by atoms with E-state index in [0.29, 0.717) is 31.8 Å². The molecule has 6 heteroatoms. The molecule has 3 N–H and O–H groups in total. The molecular weight excluding hydrogens is 246 g/mol. The second kappa shape index (κ2) is 5.88. The highest BCUT2D eigenvalue weighted by Gasteiger charge is 2.23. The lowest BCUT2D eigenvalue weighted by atomic mass is 10.1. The van der Waals surface area contributed by atoms with Gasteiger partial charge in [0.1, 0.15) is 6.10 Å². The van der Waals surface area contributed by atoms with Gasteiger partial charge in [0.2, 0.25) is 5.88 Å².